The molecule has 1 saturated heterocycles. The first-order valence-electron chi connectivity index (χ1n) is 11.3. The molecule has 1 atom stereocenters. The third kappa shape index (κ3) is 6.51. The van der Waals surface area contributed by atoms with Crippen molar-refractivity contribution in [3.63, 3.8) is 0 Å². The number of alkyl halides is 3. The van der Waals surface area contributed by atoms with Crippen LogP contribution < -0.4 is 4.74 Å². The van der Waals surface area contributed by atoms with Gasteiger partial charge >= 0.3 is 12.3 Å². The summed E-state index contributed by atoms with van der Waals surface area (Å²) in [5.41, 5.74) is -1.44. The molecule has 0 aliphatic carbocycles. The normalized spacial score (nSPS) is 16.9. The number of nitrogens with zero attached hydrogens (tertiary/aromatic N) is 3. The van der Waals surface area contributed by atoms with E-state index in [1.54, 1.807) is 26.8 Å². The fourth-order valence-corrected chi connectivity index (χ4v) is 3.56. The summed E-state index contributed by atoms with van der Waals surface area (Å²) in [6.45, 7) is 7.83. The number of ether oxygens (including phenoxy) is 2. The number of hydrogen-bond donors (Lipinski definition) is 0. The van der Waals surface area contributed by atoms with E-state index in [4.69, 9.17) is 14.0 Å². The fraction of sp³-hybridized carbons (Fsp3) is 0.542. The summed E-state index contributed by atoms with van der Waals surface area (Å²) >= 11 is 0. The molecule has 1 aromatic carbocycles. The van der Waals surface area contributed by atoms with Crippen LogP contribution >= 0.6 is 0 Å². The van der Waals surface area contributed by atoms with Crippen LogP contribution in [0.2, 0.25) is 0 Å². The zero-order valence-electron chi connectivity index (χ0n) is 19.8. The van der Waals surface area contributed by atoms with Gasteiger partial charge < -0.3 is 14.0 Å². The van der Waals surface area contributed by atoms with Crippen molar-refractivity contribution in [1.82, 2.24) is 15.0 Å². The van der Waals surface area contributed by atoms with E-state index in [-0.39, 0.29) is 29.6 Å². The maximum atomic E-state index is 13.7. The van der Waals surface area contributed by atoms with Crippen molar-refractivity contribution >= 4 is 6.09 Å². The number of carbonyl (C=O) groups is 1. The highest BCUT2D eigenvalue weighted by Crippen LogP contribution is 2.39. The number of benzene rings is 1. The lowest BCUT2D eigenvalue weighted by Gasteiger charge is -2.26. The molecule has 0 saturated carbocycles. The maximum Gasteiger partial charge on any atom is 0.419 e. The largest absolute Gasteiger partial charge is 0.489 e. The number of hydrogen-bond acceptors (Lipinski definition) is 6. The summed E-state index contributed by atoms with van der Waals surface area (Å²) in [7, 11) is 0. The lowest BCUT2D eigenvalue weighted by atomic mass is 10.1. The Kier molecular flexibility index (Phi) is 7.89. The van der Waals surface area contributed by atoms with Crippen molar-refractivity contribution in [2.24, 2.45) is 0 Å². The monoisotopic (exact) mass is 481 g/mol. The second-order valence-corrected chi connectivity index (χ2v) is 9.07. The number of halogens is 3. The van der Waals surface area contributed by atoms with Crippen LogP contribution in [-0.2, 0) is 10.9 Å². The number of rotatable bonds is 7. The Labute approximate surface area is 196 Å². The van der Waals surface area contributed by atoms with E-state index in [0.717, 1.165) is 25.3 Å². The zero-order valence-corrected chi connectivity index (χ0v) is 19.8. The van der Waals surface area contributed by atoms with E-state index in [1.165, 1.54) is 17.0 Å². The predicted octanol–water partition coefficient (Wildman–Crippen LogP) is 6.56. The molecular formula is C24H30F3N3O4. The van der Waals surface area contributed by atoms with Gasteiger partial charge in [-0.3, -0.25) is 4.90 Å². The minimum atomic E-state index is -4.62. The first-order valence-corrected chi connectivity index (χ1v) is 11.3. The number of likely N-dealkylation sites (tertiary alicyclic amines) is 1. The first kappa shape index (κ1) is 25.6. The lowest BCUT2D eigenvalue weighted by molar-refractivity contribution is -0.138. The van der Waals surface area contributed by atoms with Gasteiger partial charge in [-0.15, -0.1) is 0 Å². The van der Waals surface area contributed by atoms with Crippen molar-refractivity contribution in [2.75, 3.05) is 13.2 Å². The SMILES string of the molecule is CCC/C=C/COc1ccc(-c2noc([C@@H]3CCCN3C(=O)OC(C)(C)C)n2)cc1C(F)(F)F. The molecule has 7 nitrogen and oxygen atoms in total. The Bertz CT molecular complexity index is 1010. The molecule has 2 aromatic rings. The van der Waals surface area contributed by atoms with E-state index in [9.17, 15) is 18.0 Å². The van der Waals surface area contributed by atoms with Crippen molar-refractivity contribution < 1.29 is 32.0 Å². The molecule has 34 heavy (non-hydrogen) atoms. The second kappa shape index (κ2) is 10.5. The van der Waals surface area contributed by atoms with Crippen LogP contribution in [0.15, 0.2) is 34.9 Å². The van der Waals surface area contributed by atoms with Crippen LogP contribution in [-0.4, -0.2) is 39.9 Å². The smallest absolute Gasteiger partial charge is 0.419 e. The highest BCUT2D eigenvalue weighted by molar-refractivity contribution is 5.69. The van der Waals surface area contributed by atoms with Crippen LogP contribution in [0.5, 0.6) is 5.75 Å². The van der Waals surface area contributed by atoms with E-state index >= 15 is 0 Å². The number of amides is 1. The van der Waals surface area contributed by atoms with Gasteiger partial charge in [-0.05, 0) is 58.2 Å². The van der Waals surface area contributed by atoms with E-state index in [0.29, 0.717) is 13.0 Å². The molecule has 1 aliphatic heterocycles. The van der Waals surface area contributed by atoms with Gasteiger partial charge in [0.1, 0.15) is 24.0 Å². The van der Waals surface area contributed by atoms with E-state index in [1.807, 2.05) is 13.0 Å². The minimum absolute atomic E-state index is 0.00549. The Morgan fingerprint density at radius 2 is 2.03 bits per heavy atom. The van der Waals surface area contributed by atoms with Crippen LogP contribution in [0, 0.1) is 0 Å². The molecule has 1 aromatic heterocycles. The van der Waals surface area contributed by atoms with Gasteiger partial charge in [0.05, 0.1) is 5.56 Å². The van der Waals surface area contributed by atoms with Gasteiger partial charge in [0.2, 0.25) is 11.7 Å². The third-order valence-corrected chi connectivity index (χ3v) is 5.11. The summed E-state index contributed by atoms with van der Waals surface area (Å²) in [5.74, 6) is -0.104. The predicted molar refractivity (Wildman–Crippen MR) is 119 cm³/mol. The topological polar surface area (TPSA) is 77.7 Å². The molecule has 1 amide bonds. The highest BCUT2D eigenvalue weighted by atomic mass is 19.4. The average molecular weight is 482 g/mol. The van der Waals surface area contributed by atoms with Crippen molar-refractivity contribution in [3.8, 4) is 17.1 Å². The number of allylic oxidation sites excluding steroid dienone is 1. The Hall–Kier alpha value is -3.04. The molecule has 1 fully saturated rings. The Balaban J connectivity index is 1.80. The molecule has 0 radical (unpaired) electrons. The minimum Gasteiger partial charge on any atom is -0.489 e. The highest BCUT2D eigenvalue weighted by Gasteiger charge is 2.38. The quantitative estimate of drug-likeness (QED) is 0.417. The summed E-state index contributed by atoms with van der Waals surface area (Å²) < 4.78 is 57.2. The van der Waals surface area contributed by atoms with E-state index in [2.05, 4.69) is 10.1 Å². The second-order valence-electron chi connectivity index (χ2n) is 9.07. The average Bonchev–Trinajstić information content (AvgIpc) is 3.41. The number of unbranched alkanes of at least 4 members (excludes halogenated alkanes) is 1. The van der Waals surface area contributed by atoms with E-state index < -0.39 is 29.5 Å². The standard InChI is InChI=1S/C24H30F3N3O4/c1-5-6-7-8-14-32-19-12-11-16(15-17(19)24(25,26)27)20-28-21(34-29-20)18-10-9-13-30(18)22(31)33-23(2,3)4/h7-8,11-12,15,18H,5-6,9-10,13-14H2,1-4H3/b8-7+/t18-/m0/s1. The molecule has 0 spiro atoms. The molecule has 0 N–H and O–H groups in total. The van der Waals surface area contributed by atoms with Crippen LogP contribution in [0.1, 0.15) is 70.9 Å². The summed E-state index contributed by atoms with van der Waals surface area (Å²) in [6.07, 6.45) is 1.54. The van der Waals surface area contributed by atoms with Gasteiger partial charge in [0.25, 0.3) is 0 Å². The fourth-order valence-electron chi connectivity index (χ4n) is 3.56. The van der Waals surface area contributed by atoms with Crippen LogP contribution in [0.3, 0.4) is 0 Å². The summed E-state index contributed by atoms with van der Waals surface area (Å²) in [5, 5.41) is 3.86. The van der Waals surface area contributed by atoms with Crippen LogP contribution in [0.25, 0.3) is 11.4 Å². The molecule has 2 heterocycles. The number of aromatic nitrogens is 2. The van der Waals surface area contributed by atoms with Gasteiger partial charge in [-0.25, -0.2) is 4.79 Å². The molecule has 0 bridgehead atoms. The zero-order chi connectivity index (χ0) is 24.9. The van der Waals surface area contributed by atoms with Crippen LogP contribution in [0.4, 0.5) is 18.0 Å². The molecule has 10 heteroatoms. The van der Waals surface area contributed by atoms with Gasteiger partial charge in [-0.2, -0.15) is 18.2 Å². The molecule has 186 valence electrons. The van der Waals surface area contributed by atoms with Gasteiger partial charge in [0.15, 0.2) is 0 Å². The molecule has 3 rings (SSSR count). The third-order valence-electron chi connectivity index (χ3n) is 5.11. The Morgan fingerprint density at radius 3 is 2.71 bits per heavy atom. The molecule has 1 aliphatic rings. The van der Waals surface area contributed by atoms with Gasteiger partial charge in [0, 0.05) is 12.1 Å². The summed E-state index contributed by atoms with van der Waals surface area (Å²) in [6, 6.07) is 3.16. The van der Waals surface area contributed by atoms with Crippen molar-refractivity contribution in [2.45, 2.75) is 71.2 Å². The molecule has 0 unspecified atom stereocenters. The van der Waals surface area contributed by atoms with Gasteiger partial charge in [-0.1, -0.05) is 30.7 Å². The molecular weight excluding hydrogens is 451 g/mol. The summed E-state index contributed by atoms with van der Waals surface area (Å²) in [4.78, 5) is 18.3. The van der Waals surface area contributed by atoms with Crippen molar-refractivity contribution in [3.05, 3.63) is 41.8 Å². The number of carbonyl (C=O) groups excluding carboxylic acids is 1. The van der Waals surface area contributed by atoms with Crippen molar-refractivity contribution in [1.29, 1.82) is 0 Å². The maximum absolute atomic E-state index is 13.7. The first-order chi connectivity index (χ1) is 16.0. The lowest BCUT2D eigenvalue weighted by Crippen LogP contribution is -2.36. The Morgan fingerprint density at radius 1 is 1.26 bits per heavy atom.